The van der Waals surface area contributed by atoms with E-state index in [4.69, 9.17) is 16.3 Å². The summed E-state index contributed by atoms with van der Waals surface area (Å²) in [6.07, 6.45) is 0. The number of rotatable bonds is 6. The maximum Gasteiger partial charge on any atom is 0.338 e. The Morgan fingerprint density at radius 1 is 0.929 bits per heavy atom. The zero-order valence-corrected chi connectivity index (χ0v) is 15.6. The van der Waals surface area contributed by atoms with Gasteiger partial charge >= 0.3 is 5.97 Å². The molecule has 0 radical (unpaired) electrons. The summed E-state index contributed by atoms with van der Waals surface area (Å²) in [7, 11) is 0. The highest BCUT2D eigenvalue weighted by molar-refractivity contribution is 6.30. The molecule has 2 N–H and O–H groups in total. The van der Waals surface area contributed by atoms with E-state index in [1.165, 1.54) is 0 Å². The van der Waals surface area contributed by atoms with E-state index in [0.717, 1.165) is 16.7 Å². The van der Waals surface area contributed by atoms with E-state index in [1.54, 1.807) is 66.7 Å². The average Bonchev–Trinajstić information content (AvgIpc) is 2.71. The minimum Gasteiger partial charge on any atom is -0.508 e. The summed E-state index contributed by atoms with van der Waals surface area (Å²) in [5, 5.41) is 12.6. The van der Waals surface area contributed by atoms with Crippen molar-refractivity contribution in [1.29, 1.82) is 0 Å². The number of carbonyl (C=O) groups is 2. The van der Waals surface area contributed by atoms with Crippen molar-refractivity contribution in [3.05, 3.63) is 88.9 Å². The molecular formula is C22H18ClNO4. The fourth-order valence-electron chi connectivity index (χ4n) is 2.57. The second kappa shape index (κ2) is 9.06. The fraction of sp³-hybridized carbons (Fsp3) is 0.0909. The van der Waals surface area contributed by atoms with Gasteiger partial charge in [-0.15, -0.1) is 0 Å². The van der Waals surface area contributed by atoms with Crippen LogP contribution in [0.2, 0.25) is 5.02 Å². The molecule has 3 aromatic rings. The number of hydrogen-bond acceptors (Lipinski definition) is 4. The quantitative estimate of drug-likeness (QED) is 0.614. The number of halogens is 1. The van der Waals surface area contributed by atoms with Crippen molar-refractivity contribution in [3.8, 4) is 16.9 Å². The first kappa shape index (κ1) is 19.5. The first-order chi connectivity index (χ1) is 13.5. The van der Waals surface area contributed by atoms with E-state index in [2.05, 4.69) is 5.32 Å². The topological polar surface area (TPSA) is 75.6 Å². The van der Waals surface area contributed by atoms with Crippen molar-refractivity contribution in [3.63, 3.8) is 0 Å². The zero-order valence-electron chi connectivity index (χ0n) is 14.9. The molecule has 0 saturated carbocycles. The average molecular weight is 396 g/mol. The number of esters is 1. The van der Waals surface area contributed by atoms with Gasteiger partial charge in [-0.05, 0) is 53.1 Å². The molecule has 0 aliphatic heterocycles. The number of carbonyl (C=O) groups excluding carboxylic acids is 2. The molecule has 0 aliphatic rings. The highest BCUT2D eigenvalue weighted by Crippen LogP contribution is 2.22. The van der Waals surface area contributed by atoms with E-state index in [1.807, 2.05) is 6.07 Å². The summed E-state index contributed by atoms with van der Waals surface area (Å²) < 4.78 is 5.05. The molecular weight excluding hydrogens is 378 g/mol. The third kappa shape index (κ3) is 5.34. The summed E-state index contributed by atoms with van der Waals surface area (Å²) in [6, 6.07) is 20.7. The van der Waals surface area contributed by atoms with Crippen LogP contribution in [0.4, 0.5) is 0 Å². The molecule has 0 unspecified atom stereocenters. The van der Waals surface area contributed by atoms with E-state index >= 15 is 0 Å². The standard InChI is InChI=1S/C22H18ClNO4/c23-19-3-1-2-15(12-19)13-24-21(26)14-28-22(27)18-6-4-16(5-7-18)17-8-10-20(25)11-9-17/h1-12,25H,13-14H2,(H,24,26). The predicted molar refractivity (Wildman–Crippen MR) is 107 cm³/mol. The Morgan fingerprint density at radius 2 is 1.57 bits per heavy atom. The zero-order chi connectivity index (χ0) is 19.9. The maximum atomic E-state index is 12.1. The molecule has 0 aromatic heterocycles. The Kier molecular flexibility index (Phi) is 6.29. The van der Waals surface area contributed by atoms with Gasteiger partial charge in [0, 0.05) is 11.6 Å². The largest absolute Gasteiger partial charge is 0.508 e. The summed E-state index contributed by atoms with van der Waals surface area (Å²) in [6.45, 7) is -0.0582. The number of benzene rings is 3. The van der Waals surface area contributed by atoms with Crippen LogP contribution >= 0.6 is 11.6 Å². The van der Waals surface area contributed by atoms with E-state index in [-0.39, 0.29) is 12.4 Å². The van der Waals surface area contributed by atoms with Crippen LogP contribution in [0.15, 0.2) is 72.8 Å². The van der Waals surface area contributed by atoms with Crippen molar-refractivity contribution in [2.24, 2.45) is 0 Å². The first-order valence-corrected chi connectivity index (χ1v) is 8.97. The highest BCUT2D eigenvalue weighted by Gasteiger charge is 2.10. The van der Waals surface area contributed by atoms with Gasteiger partial charge < -0.3 is 15.2 Å². The second-order valence-corrected chi connectivity index (χ2v) is 6.54. The predicted octanol–water partition coefficient (Wildman–Crippen LogP) is 4.19. The van der Waals surface area contributed by atoms with E-state index < -0.39 is 11.9 Å². The summed E-state index contributed by atoms with van der Waals surface area (Å²) >= 11 is 5.89. The minimum absolute atomic E-state index is 0.192. The first-order valence-electron chi connectivity index (χ1n) is 8.59. The maximum absolute atomic E-state index is 12.1. The Bertz CT molecular complexity index is 969. The van der Waals surface area contributed by atoms with Gasteiger partial charge in [-0.3, -0.25) is 4.79 Å². The lowest BCUT2D eigenvalue weighted by Gasteiger charge is -2.08. The molecule has 0 atom stereocenters. The Morgan fingerprint density at radius 3 is 2.21 bits per heavy atom. The third-order valence-electron chi connectivity index (χ3n) is 4.03. The molecule has 3 aromatic carbocycles. The molecule has 0 saturated heterocycles. The molecule has 0 aliphatic carbocycles. The van der Waals surface area contributed by atoms with Gasteiger partial charge in [0.15, 0.2) is 6.61 Å². The van der Waals surface area contributed by atoms with Crippen molar-refractivity contribution in [2.45, 2.75) is 6.54 Å². The lowest BCUT2D eigenvalue weighted by Crippen LogP contribution is -2.28. The van der Waals surface area contributed by atoms with Gasteiger partial charge in [0.1, 0.15) is 5.75 Å². The molecule has 0 fully saturated rings. The van der Waals surface area contributed by atoms with Crippen LogP contribution in [0.1, 0.15) is 15.9 Å². The van der Waals surface area contributed by atoms with Crippen LogP contribution in [0.5, 0.6) is 5.75 Å². The van der Waals surface area contributed by atoms with Crippen molar-refractivity contribution in [2.75, 3.05) is 6.61 Å². The van der Waals surface area contributed by atoms with Crippen LogP contribution in [0, 0.1) is 0 Å². The minimum atomic E-state index is -0.574. The molecule has 28 heavy (non-hydrogen) atoms. The lowest BCUT2D eigenvalue weighted by molar-refractivity contribution is -0.124. The van der Waals surface area contributed by atoms with Crippen LogP contribution in [0.3, 0.4) is 0 Å². The highest BCUT2D eigenvalue weighted by atomic mass is 35.5. The molecule has 6 heteroatoms. The van der Waals surface area contributed by atoms with E-state index in [0.29, 0.717) is 17.1 Å². The fourth-order valence-corrected chi connectivity index (χ4v) is 2.78. The number of phenols is 1. The summed E-state index contributed by atoms with van der Waals surface area (Å²) in [4.78, 5) is 24.0. The van der Waals surface area contributed by atoms with Crippen molar-refractivity contribution in [1.82, 2.24) is 5.32 Å². The number of phenolic OH excluding ortho intramolecular Hbond substituents is 1. The van der Waals surface area contributed by atoms with Gasteiger partial charge in [0.2, 0.25) is 0 Å². The molecule has 0 bridgehead atoms. The van der Waals surface area contributed by atoms with Crippen LogP contribution in [0.25, 0.3) is 11.1 Å². The van der Waals surface area contributed by atoms with Gasteiger partial charge in [0.25, 0.3) is 5.91 Å². The number of ether oxygens (including phenoxy) is 1. The Balaban J connectivity index is 1.50. The van der Waals surface area contributed by atoms with Gasteiger partial charge in [-0.1, -0.05) is 48.0 Å². The van der Waals surface area contributed by atoms with Crippen LogP contribution in [-0.4, -0.2) is 23.6 Å². The van der Waals surface area contributed by atoms with Crippen molar-refractivity contribution < 1.29 is 19.4 Å². The summed E-state index contributed by atoms with van der Waals surface area (Å²) in [5.74, 6) is -0.776. The van der Waals surface area contributed by atoms with Crippen molar-refractivity contribution >= 4 is 23.5 Å². The van der Waals surface area contributed by atoms with Crippen LogP contribution < -0.4 is 5.32 Å². The monoisotopic (exact) mass is 395 g/mol. The Hall–Kier alpha value is -3.31. The third-order valence-corrected chi connectivity index (χ3v) is 4.27. The van der Waals surface area contributed by atoms with Gasteiger partial charge in [-0.2, -0.15) is 0 Å². The molecule has 0 spiro atoms. The SMILES string of the molecule is O=C(COC(=O)c1ccc(-c2ccc(O)cc2)cc1)NCc1cccc(Cl)c1. The molecule has 142 valence electrons. The lowest BCUT2D eigenvalue weighted by atomic mass is 10.0. The van der Waals surface area contributed by atoms with Gasteiger partial charge in [0.05, 0.1) is 5.56 Å². The number of hydrogen-bond donors (Lipinski definition) is 2. The van der Waals surface area contributed by atoms with Crippen LogP contribution in [-0.2, 0) is 16.1 Å². The van der Waals surface area contributed by atoms with Gasteiger partial charge in [-0.25, -0.2) is 4.79 Å². The molecule has 1 amide bonds. The van der Waals surface area contributed by atoms with E-state index in [9.17, 15) is 14.7 Å². The second-order valence-electron chi connectivity index (χ2n) is 6.11. The number of amides is 1. The molecule has 3 rings (SSSR count). The number of aromatic hydroxyl groups is 1. The molecule has 0 heterocycles. The normalized spacial score (nSPS) is 10.3. The smallest absolute Gasteiger partial charge is 0.338 e. The summed E-state index contributed by atoms with van der Waals surface area (Å²) in [5.41, 5.74) is 3.02. The molecule has 5 nitrogen and oxygen atoms in total. The Labute approximate surface area is 167 Å². The number of nitrogens with one attached hydrogen (secondary N) is 1.